The number of hydrogen-bond acceptors (Lipinski definition) is 6. The van der Waals surface area contributed by atoms with E-state index in [2.05, 4.69) is 5.32 Å². The van der Waals surface area contributed by atoms with Gasteiger partial charge in [-0.05, 0) is 36.2 Å². The van der Waals surface area contributed by atoms with Crippen LogP contribution in [0.3, 0.4) is 0 Å². The maximum atomic E-state index is 12.6. The van der Waals surface area contributed by atoms with Gasteiger partial charge in [-0.2, -0.15) is 0 Å². The predicted octanol–water partition coefficient (Wildman–Crippen LogP) is 4.79. The molecule has 3 aromatic rings. The summed E-state index contributed by atoms with van der Waals surface area (Å²) in [6, 6.07) is 24.5. The van der Waals surface area contributed by atoms with Gasteiger partial charge in [0.2, 0.25) is 0 Å². The lowest BCUT2D eigenvalue weighted by molar-refractivity contribution is 0.0599. The van der Waals surface area contributed by atoms with Gasteiger partial charge in [-0.1, -0.05) is 54.6 Å². The maximum absolute atomic E-state index is 12.6. The third-order valence-electron chi connectivity index (χ3n) is 4.83. The number of ether oxygens (including phenoxy) is 4. The zero-order chi connectivity index (χ0) is 24.0. The minimum absolute atomic E-state index is 0.134. The highest BCUT2D eigenvalue weighted by Gasteiger charge is 2.11. The molecule has 0 unspecified atom stereocenters. The number of benzene rings is 3. The summed E-state index contributed by atoms with van der Waals surface area (Å²) in [6.45, 7) is 3.22. The van der Waals surface area contributed by atoms with Crippen molar-refractivity contribution >= 4 is 12.1 Å². The topological polar surface area (TPSA) is 83.1 Å². The zero-order valence-electron chi connectivity index (χ0n) is 19.2. The van der Waals surface area contributed by atoms with Crippen molar-refractivity contribution in [3.05, 3.63) is 95.6 Å². The van der Waals surface area contributed by atoms with Crippen molar-refractivity contribution in [1.29, 1.82) is 0 Å². The Hall–Kier alpha value is -4.00. The number of amides is 1. The summed E-state index contributed by atoms with van der Waals surface area (Å²) >= 11 is 0. The highest BCUT2D eigenvalue weighted by Crippen LogP contribution is 2.20. The Bertz CT molecular complexity index is 1050. The van der Waals surface area contributed by atoms with Crippen LogP contribution in [0.25, 0.3) is 0 Å². The number of carbonyl (C=O) groups excluding carboxylic acids is 2. The Labute approximate surface area is 199 Å². The molecule has 0 aliphatic carbocycles. The van der Waals surface area contributed by atoms with Crippen molar-refractivity contribution in [3.63, 3.8) is 0 Å². The first-order valence-electron chi connectivity index (χ1n) is 11.2. The fraction of sp³-hybridized carbons (Fsp3) is 0.259. The Morgan fingerprint density at radius 2 is 1.53 bits per heavy atom. The van der Waals surface area contributed by atoms with Gasteiger partial charge in [0.25, 0.3) is 5.91 Å². The molecular formula is C27H29NO6. The van der Waals surface area contributed by atoms with Crippen LogP contribution in [-0.2, 0) is 22.5 Å². The van der Waals surface area contributed by atoms with Gasteiger partial charge in [0.15, 0.2) is 0 Å². The first-order valence-corrected chi connectivity index (χ1v) is 11.2. The van der Waals surface area contributed by atoms with E-state index in [0.29, 0.717) is 43.2 Å². The molecule has 0 aliphatic rings. The molecule has 3 rings (SSSR count). The molecule has 7 nitrogen and oxygen atoms in total. The summed E-state index contributed by atoms with van der Waals surface area (Å²) in [5.74, 6) is 1.16. The van der Waals surface area contributed by atoms with Crippen LogP contribution in [0.4, 0.5) is 4.79 Å². The summed E-state index contributed by atoms with van der Waals surface area (Å²) in [7, 11) is 0. The molecule has 7 heteroatoms. The SMILES string of the molecule is CCOC(=O)OCCc1ccccc1C(=O)NCCOc1cccc(OCc2ccccc2)c1. The average Bonchev–Trinajstić information content (AvgIpc) is 2.87. The smallest absolute Gasteiger partial charge is 0.492 e. The summed E-state index contributed by atoms with van der Waals surface area (Å²) < 4.78 is 21.3. The Morgan fingerprint density at radius 1 is 0.794 bits per heavy atom. The molecule has 0 saturated heterocycles. The third-order valence-corrected chi connectivity index (χ3v) is 4.83. The molecule has 0 aliphatic heterocycles. The zero-order valence-corrected chi connectivity index (χ0v) is 19.2. The Balaban J connectivity index is 1.43. The van der Waals surface area contributed by atoms with Gasteiger partial charge >= 0.3 is 6.16 Å². The van der Waals surface area contributed by atoms with Gasteiger partial charge in [0.05, 0.1) is 19.8 Å². The lowest BCUT2D eigenvalue weighted by Gasteiger charge is -2.12. The standard InChI is InChI=1S/C27H29NO6/c1-2-31-27(30)33-17-15-22-11-6-7-14-25(22)26(29)28-16-18-32-23-12-8-13-24(19-23)34-20-21-9-4-3-5-10-21/h3-14,19H,2,15-18,20H2,1H3,(H,28,29). The number of hydrogen-bond donors (Lipinski definition) is 1. The second-order valence-electron chi connectivity index (χ2n) is 7.29. The van der Waals surface area contributed by atoms with Crippen molar-refractivity contribution in [2.75, 3.05) is 26.4 Å². The molecule has 0 bridgehead atoms. The molecule has 0 aromatic heterocycles. The van der Waals surface area contributed by atoms with Crippen LogP contribution < -0.4 is 14.8 Å². The molecule has 1 amide bonds. The molecule has 1 N–H and O–H groups in total. The Morgan fingerprint density at radius 3 is 2.32 bits per heavy atom. The third kappa shape index (κ3) is 8.16. The van der Waals surface area contributed by atoms with E-state index in [4.69, 9.17) is 18.9 Å². The second kappa shape index (κ2) is 13.5. The van der Waals surface area contributed by atoms with Crippen LogP contribution in [-0.4, -0.2) is 38.4 Å². The van der Waals surface area contributed by atoms with Gasteiger partial charge in [0.1, 0.15) is 24.7 Å². The predicted molar refractivity (Wildman–Crippen MR) is 128 cm³/mol. The first-order chi connectivity index (χ1) is 16.7. The van der Waals surface area contributed by atoms with Crippen molar-refractivity contribution in [2.24, 2.45) is 0 Å². The number of nitrogens with one attached hydrogen (secondary N) is 1. The molecule has 3 aromatic carbocycles. The molecule has 0 fully saturated rings. The minimum atomic E-state index is -0.712. The highest BCUT2D eigenvalue weighted by molar-refractivity contribution is 5.95. The fourth-order valence-corrected chi connectivity index (χ4v) is 3.19. The lowest BCUT2D eigenvalue weighted by Crippen LogP contribution is -2.29. The molecule has 0 heterocycles. The van der Waals surface area contributed by atoms with Gasteiger partial charge < -0.3 is 24.3 Å². The highest BCUT2D eigenvalue weighted by atomic mass is 16.7. The molecule has 34 heavy (non-hydrogen) atoms. The van der Waals surface area contributed by atoms with Gasteiger partial charge in [-0.3, -0.25) is 4.79 Å². The van der Waals surface area contributed by atoms with Gasteiger partial charge in [0, 0.05) is 18.1 Å². The summed E-state index contributed by atoms with van der Waals surface area (Å²) in [5, 5.41) is 2.86. The van der Waals surface area contributed by atoms with Crippen LogP contribution in [0.15, 0.2) is 78.9 Å². The largest absolute Gasteiger partial charge is 0.508 e. The summed E-state index contributed by atoms with van der Waals surface area (Å²) in [6.07, 6.45) is -0.301. The van der Waals surface area contributed by atoms with E-state index in [9.17, 15) is 9.59 Å². The van der Waals surface area contributed by atoms with Crippen molar-refractivity contribution < 1.29 is 28.5 Å². The molecule has 0 atom stereocenters. The van der Waals surface area contributed by atoms with Crippen LogP contribution in [0.2, 0.25) is 0 Å². The van der Waals surface area contributed by atoms with Crippen molar-refractivity contribution in [2.45, 2.75) is 20.0 Å². The van der Waals surface area contributed by atoms with Crippen LogP contribution in [0.5, 0.6) is 11.5 Å². The lowest BCUT2D eigenvalue weighted by atomic mass is 10.0. The van der Waals surface area contributed by atoms with E-state index in [1.54, 1.807) is 19.1 Å². The van der Waals surface area contributed by atoms with Gasteiger partial charge in [-0.15, -0.1) is 0 Å². The Kier molecular flexibility index (Phi) is 9.80. The van der Waals surface area contributed by atoms with Crippen LogP contribution in [0.1, 0.15) is 28.4 Å². The molecule has 0 saturated carbocycles. The maximum Gasteiger partial charge on any atom is 0.508 e. The summed E-state index contributed by atoms with van der Waals surface area (Å²) in [4.78, 5) is 24.0. The van der Waals surface area contributed by atoms with Crippen LogP contribution in [0, 0.1) is 0 Å². The monoisotopic (exact) mass is 463 g/mol. The van der Waals surface area contributed by atoms with E-state index in [0.717, 1.165) is 11.1 Å². The number of carbonyl (C=O) groups is 2. The van der Waals surface area contributed by atoms with E-state index in [-0.39, 0.29) is 19.1 Å². The molecule has 0 radical (unpaired) electrons. The molecular weight excluding hydrogens is 434 g/mol. The molecule has 178 valence electrons. The fourth-order valence-electron chi connectivity index (χ4n) is 3.19. The second-order valence-corrected chi connectivity index (χ2v) is 7.29. The van der Waals surface area contributed by atoms with E-state index in [1.165, 1.54) is 0 Å². The van der Waals surface area contributed by atoms with E-state index in [1.807, 2.05) is 66.7 Å². The van der Waals surface area contributed by atoms with E-state index < -0.39 is 6.16 Å². The first kappa shape index (κ1) is 24.6. The molecule has 0 spiro atoms. The number of rotatable bonds is 12. The van der Waals surface area contributed by atoms with Gasteiger partial charge in [-0.25, -0.2) is 4.79 Å². The van der Waals surface area contributed by atoms with Crippen LogP contribution >= 0.6 is 0 Å². The van der Waals surface area contributed by atoms with Crippen molar-refractivity contribution in [1.82, 2.24) is 5.32 Å². The normalized spacial score (nSPS) is 10.3. The quantitative estimate of drug-likeness (QED) is 0.307. The van der Waals surface area contributed by atoms with E-state index >= 15 is 0 Å². The summed E-state index contributed by atoms with van der Waals surface area (Å²) in [5.41, 5.74) is 2.41. The van der Waals surface area contributed by atoms with Crippen molar-refractivity contribution in [3.8, 4) is 11.5 Å². The minimum Gasteiger partial charge on any atom is -0.492 e. The average molecular weight is 464 g/mol.